The van der Waals surface area contributed by atoms with Crippen LogP contribution in [0.5, 0.6) is 0 Å². The molecule has 0 saturated heterocycles. The monoisotopic (exact) mass is 384 g/mol. The van der Waals surface area contributed by atoms with E-state index in [0.717, 1.165) is 33.6 Å². The standard InChI is InChI=1S/C21H28N4O3/c1-12-9-13(2)17(14(3)10-12)22-19(26)18-15-11-25(8-7-16(15)23-24-18)20(27)28-21(4,5)6/h9-10H,7-8,11H2,1-6H3,(H,22,26)(H,23,24). The molecular weight excluding hydrogens is 356 g/mol. The predicted molar refractivity (Wildman–Crippen MR) is 108 cm³/mol. The number of nitrogens with one attached hydrogen (secondary N) is 2. The van der Waals surface area contributed by atoms with Crippen molar-refractivity contribution in [2.24, 2.45) is 0 Å². The van der Waals surface area contributed by atoms with Gasteiger partial charge in [-0.3, -0.25) is 9.89 Å². The number of hydrogen-bond donors (Lipinski definition) is 2. The number of carbonyl (C=O) groups excluding carboxylic acids is 2. The first-order chi connectivity index (χ1) is 13.0. The van der Waals surface area contributed by atoms with Crippen LogP contribution in [0.25, 0.3) is 0 Å². The number of aromatic nitrogens is 2. The molecule has 3 rings (SSSR count). The van der Waals surface area contributed by atoms with Crippen molar-refractivity contribution < 1.29 is 14.3 Å². The molecule has 2 amide bonds. The summed E-state index contributed by atoms with van der Waals surface area (Å²) in [7, 11) is 0. The van der Waals surface area contributed by atoms with Gasteiger partial charge in [-0.2, -0.15) is 5.10 Å². The Morgan fingerprint density at radius 1 is 1.18 bits per heavy atom. The smallest absolute Gasteiger partial charge is 0.410 e. The molecule has 0 saturated carbocycles. The number of fused-ring (bicyclic) bond motifs is 1. The van der Waals surface area contributed by atoms with Gasteiger partial charge >= 0.3 is 6.09 Å². The van der Waals surface area contributed by atoms with Gasteiger partial charge in [0.05, 0.1) is 6.54 Å². The summed E-state index contributed by atoms with van der Waals surface area (Å²) in [6, 6.07) is 4.07. The number of carbonyl (C=O) groups is 2. The van der Waals surface area contributed by atoms with Crippen molar-refractivity contribution in [3.05, 3.63) is 45.8 Å². The van der Waals surface area contributed by atoms with Crippen LogP contribution in [0.15, 0.2) is 12.1 Å². The third kappa shape index (κ3) is 4.18. The van der Waals surface area contributed by atoms with E-state index in [0.29, 0.717) is 25.2 Å². The van der Waals surface area contributed by atoms with Crippen molar-refractivity contribution in [1.82, 2.24) is 15.1 Å². The minimum Gasteiger partial charge on any atom is -0.444 e. The van der Waals surface area contributed by atoms with Crippen molar-refractivity contribution in [2.45, 2.75) is 60.1 Å². The summed E-state index contributed by atoms with van der Waals surface area (Å²) in [5.41, 5.74) is 5.36. The van der Waals surface area contributed by atoms with Gasteiger partial charge in [-0.05, 0) is 52.7 Å². The van der Waals surface area contributed by atoms with Gasteiger partial charge in [0.1, 0.15) is 5.60 Å². The third-order valence-corrected chi connectivity index (χ3v) is 4.72. The first kappa shape index (κ1) is 19.9. The van der Waals surface area contributed by atoms with Crippen molar-refractivity contribution >= 4 is 17.7 Å². The molecule has 0 spiro atoms. The van der Waals surface area contributed by atoms with Crippen molar-refractivity contribution in [3.8, 4) is 0 Å². The molecule has 0 radical (unpaired) electrons. The Bertz CT molecular complexity index is 901. The van der Waals surface area contributed by atoms with Crippen molar-refractivity contribution in [1.29, 1.82) is 0 Å². The molecule has 0 fully saturated rings. The van der Waals surface area contributed by atoms with E-state index in [1.54, 1.807) is 4.90 Å². The molecule has 1 aliphatic rings. The van der Waals surface area contributed by atoms with E-state index in [9.17, 15) is 9.59 Å². The highest BCUT2D eigenvalue weighted by molar-refractivity contribution is 6.05. The van der Waals surface area contributed by atoms with E-state index in [2.05, 4.69) is 15.5 Å². The topological polar surface area (TPSA) is 87.3 Å². The van der Waals surface area contributed by atoms with E-state index in [-0.39, 0.29) is 12.0 Å². The lowest BCUT2D eigenvalue weighted by Crippen LogP contribution is -2.40. The van der Waals surface area contributed by atoms with Crippen molar-refractivity contribution in [2.75, 3.05) is 11.9 Å². The summed E-state index contributed by atoms with van der Waals surface area (Å²) in [5, 5.41) is 10.2. The Morgan fingerprint density at radius 3 is 2.43 bits per heavy atom. The Morgan fingerprint density at radius 2 is 1.82 bits per heavy atom. The normalized spacial score (nSPS) is 13.9. The first-order valence-corrected chi connectivity index (χ1v) is 9.48. The van der Waals surface area contributed by atoms with Crippen LogP contribution in [0.4, 0.5) is 10.5 Å². The van der Waals surface area contributed by atoms with Gasteiger partial charge in [-0.15, -0.1) is 0 Å². The molecule has 1 aromatic carbocycles. The fourth-order valence-corrected chi connectivity index (χ4v) is 3.52. The molecule has 2 N–H and O–H groups in total. The number of benzene rings is 1. The number of aromatic amines is 1. The average Bonchev–Trinajstić information content (AvgIpc) is 2.99. The summed E-state index contributed by atoms with van der Waals surface area (Å²) >= 11 is 0. The Labute approximate surface area is 165 Å². The summed E-state index contributed by atoms with van der Waals surface area (Å²) in [6.07, 6.45) is 0.230. The predicted octanol–water partition coefficient (Wildman–Crippen LogP) is 3.88. The van der Waals surface area contributed by atoms with E-state index < -0.39 is 5.60 Å². The third-order valence-electron chi connectivity index (χ3n) is 4.72. The average molecular weight is 384 g/mol. The summed E-state index contributed by atoms with van der Waals surface area (Å²) in [4.78, 5) is 26.9. The maximum Gasteiger partial charge on any atom is 0.410 e. The molecule has 2 aromatic rings. The Balaban J connectivity index is 1.80. The second-order valence-electron chi connectivity index (χ2n) is 8.41. The number of H-pyrrole nitrogens is 1. The van der Waals surface area contributed by atoms with Gasteiger partial charge < -0.3 is 15.0 Å². The molecule has 0 unspecified atom stereocenters. The van der Waals surface area contributed by atoms with Crippen LogP contribution in [0.3, 0.4) is 0 Å². The number of hydrogen-bond acceptors (Lipinski definition) is 4. The SMILES string of the molecule is Cc1cc(C)c(NC(=O)c2n[nH]c3c2CN(C(=O)OC(C)(C)C)CC3)c(C)c1. The molecule has 1 aromatic heterocycles. The van der Waals surface area contributed by atoms with Gasteiger partial charge in [0, 0.05) is 29.9 Å². The van der Waals surface area contributed by atoms with E-state index in [4.69, 9.17) is 4.74 Å². The number of anilines is 1. The molecule has 150 valence electrons. The minimum absolute atomic E-state index is 0.279. The van der Waals surface area contributed by atoms with Crippen LogP contribution in [0.2, 0.25) is 0 Å². The highest BCUT2D eigenvalue weighted by Gasteiger charge is 2.30. The Kier molecular flexibility index (Phi) is 5.19. The second kappa shape index (κ2) is 7.30. The van der Waals surface area contributed by atoms with E-state index in [1.165, 1.54) is 0 Å². The fraction of sp³-hybridized carbons (Fsp3) is 0.476. The fourth-order valence-electron chi connectivity index (χ4n) is 3.52. The summed E-state index contributed by atoms with van der Waals surface area (Å²) in [5.74, 6) is -0.279. The first-order valence-electron chi connectivity index (χ1n) is 9.48. The molecule has 7 nitrogen and oxygen atoms in total. The molecule has 28 heavy (non-hydrogen) atoms. The maximum absolute atomic E-state index is 12.9. The zero-order valence-electron chi connectivity index (χ0n) is 17.4. The second-order valence-corrected chi connectivity index (χ2v) is 8.41. The molecular formula is C21H28N4O3. The largest absolute Gasteiger partial charge is 0.444 e. The Hall–Kier alpha value is -2.83. The van der Waals surface area contributed by atoms with Gasteiger partial charge in [0.25, 0.3) is 5.91 Å². The molecule has 0 atom stereocenters. The zero-order chi connectivity index (χ0) is 20.6. The lowest BCUT2D eigenvalue weighted by molar-refractivity contribution is 0.0222. The number of rotatable bonds is 2. The molecule has 1 aliphatic heterocycles. The van der Waals surface area contributed by atoms with Crippen LogP contribution in [0, 0.1) is 20.8 Å². The minimum atomic E-state index is -0.561. The summed E-state index contributed by atoms with van der Waals surface area (Å²) in [6.45, 7) is 12.3. The van der Waals surface area contributed by atoms with Crippen LogP contribution in [-0.2, 0) is 17.7 Å². The molecule has 0 bridgehead atoms. The quantitative estimate of drug-likeness (QED) is 0.822. The lowest BCUT2D eigenvalue weighted by atomic mass is 10.0. The van der Waals surface area contributed by atoms with E-state index >= 15 is 0 Å². The molecule has 7 heteroatoms. The van der Waals surface area contributed by atoms with Gasteiger partial charge in [-0.25, -0.2) is 4.79 Å². The zero-order valence-corrected chi connectivity index (χ0v) is 17.4. The highest BCUT2D eigenvalue weighted by Crippen LogP contribution is 2.26. The molecule has 2 heterocycles. The van der Waals surface area contributed by atoms with Crippen LogP contribution in [0.1, 0.15) is 59.2 Å². The molecule has 0 aliphatic carbocycles. The van der Waals surface area contributed by atoms with Crippen molar-refractivity contribution in [3.63, 3.8) is 0 Å². The lowest BCUT2D eigenvalue weighted by Gasteiger charge is -2.30. The number of ether oxygens (including phenoxy) is 1. The maximum atomic E-state index is 12.9. The van der Waals surface area contributed by atoms with Crippen LogP contribution < -0.4 is 5.32 Å². The number of nitrogens with zero attached hydrogens (tertiary/aromatic N) is 2. The van der Waals surface area contributed by atoms with Crippen LogP contribution in [-0.4, -0.2) is 39.2 Å². The van der Waals surface area contributed by atoms with E-state index in [1.807, 2.05) is 53.7 Å². The van der Waals surface area contributed by atoms with Gasteiger partial charge in [0.2, 0.25) is 0 Å². The van der Waals surface area contributed by atoms with Gasteiger partial charge in [0.15, 0.2) is 5.69 Å². The number of amides is 2. The van der Waals surface area contributed by atoms with Crippen LogP contribution >= 0.6 is 0 Å². The van der Waals surface area contributed by atoms with Gasteiger partial charge in [-0.1, -0.05) is 17.7 Å². The number of aryl methyl sites for hydroxylation is 3. The highest BCUT2D eigenvalue weighted by atomic mass is 16.6. The summed E-state index contributed by atoms with van der Waals surface area (Å²) < 4.78 is 5.46.